The molecule has 0 N–H and O–H groups in total. The average molecular weight is 347 g/mol. The summed E-state index contributed by atoms with van der Waals surface area (Å²) in [4.78, 5) is 4.49. The summed E-state index contributed by atoms with van der Waals surface area (Å²) in [5.74, 6) is 0.714. The molecule has 1 nitrogen and oxygen atoms in total. The number of nitrogens with zero attached hydrogens (tertiary/aromatic N) is 1. The minimum Gasteiger partial charge on any atom is -0.256 e. The third-order valence-electron chi connectivity index (χ3n) is 5.88. The molecular formula is C24H26FN. The van der Waals surface area contributed by atoms with Gasteiger partial charge in [-0.25, -0.2) is 4.39 Å². The Bertz CT molecular complexity index is 909. The molecule has 0 bridgehead atoms. The molecule has 1 aliphatic carbocycles. The molecule has 1 aromatic heterocycles. The highest BCUT2D eigenvalue weighted by molar-refractivity contribution is 5.96. The lowest BCUT2D eigenvalue weighted by Gasteiger charge is -2.21. The van der Waals surface area contributed by atoms with E-state index in [-0.39, 0.29) is 5.82 Å². The zero-order valence-electron chi connectivity index (χ0n) is 15.5. The molecule has 0 amide bonds. The molecule has 0 radical (unpaired) electrons. The van der Waals surface area contributed by atoms with E-state index in [4.69, 9.17) is 0 Å². The van der Waals surface area contributed by atoms with Crippen LogP contribution in [0.5, 0.6) is 0 Å². The summed E-state index contributed by atoms with van der Waals surface area (Å²) in [6.45, 7) is 2.06. The summed E-state index contributed by atoms with van der Waals surface area (Å²) in [5.41, 5.74) is 4.98. The lowest BCUT2D eigenvalue weighted by molar-refractivity contribution is 0.338. The second kappa shape index (κ2) is 7.57. The van der Waals surface area contributed by atoms with Crippen molar-refractivity contribution in [3.63, 3.8) is 0 Å². The van der Waals surface area contributed by atoms with Crippen molar-refractivity contribution in [1.82, 2.24) is 4.98 Å². The van der Waals surface area contributed by atoms with Crippen molar-refractivity contribution in [2.75, 3.05) is 0 Å². The summed E-state index contributed by atoms with van der Waals surface area (Å²) in [5, 5.41) is 1.09. The van der Waals surface area contributed by atoms with Crippen LogP contribution in [0.1, 0.15) is 49.7 Å². The topological polar surface area (TPSA) is 12.9 Å². The summed E-state index contributed by atoms with van der Waals surface area (Å²) in [6, 6.07) is 13.9. The number of rotatable bonds is 4. The monoisotopic (exact) mass is 347 g/mol. The van der Waals surface area contributed by atoms with Crippen LogP contribution < -0.4 is 0 Å². The van der Waals surface area contributed by atoms with E-state index in [9.17, 15) is 4.39 Å². The van der Waals surface area contributed by atoms with Crippen LogP contribution in [-0.2, 0) is 6.42 Å². The maximum Gasteiger partial charge on any atom is 0.127 e. The van der Waals surface area contributed by atoms with Crippen molar-refractivity contribution in [1.29, 1.82) is 0 Å². The van der Waals surface area contributed by atoms with Gasteiger partial charge in [0, 0.05) is 11.6 Å². The Morgan fingerprint density at radius 3 is 2.69 bits per heavy atom. The highest BCUT2D eigenvalue weighted by atomic mass is 19.1. The number of hydrogen-bond donors (Lipinski definition) is 0. The molecule has 0 spiro atoms. The summed E-state index contributed by atoms with van der Waals surface area (Å²) in [6.07, 6.45) is 10.5. The average Bonchev–Trinajstić information content (AvgIpc) is 2.68. The van der Waals surface area contributed by atoms with Gasteiger partial charge in [0.1, 0.15) is 5.82 Å². The number of aromatic nitrogens is 1. The molecule has 1 saturated carbocycles. The maximum atomic E-state index is 14.8. The zero-order chi connectivity index (χ0) is 17.9. The second-order valence-corrected chi connectivity index (χ2v) is 7.68. The lowest BCUT2D eigenvalue weighted by atomic mass is 9.85. The van der Waals surface area contributed by atoms with Gasteiger partial charge < -0.3 is 0 Å². The third kappa shape index (κ3) is 3.51. The van der Waals surface area contributed by atoms with E-state index < -0.39 is 0 Å². The van der Waals surface area contributed by atoms with Gasteiger partial charge in [0.15, 0.2) is 0 Å². The van der Waals surface area contributed by atoms with Gasteiger partial charge in [-0.2, -0.15) is 0 Å². The van der Waals surface area contributed by atoms with E-state index in [1.807, 2.05) is 18.3 Å². The summed E-state index contributed by atoms with van der Waals surface area (Å²) in [7, 11) is 0. The molecule has 1 fully saturated rings. The maximum absolute atomic E-state index is 14.8. The van der Waals surface area contributed by atoms with E-state index >= 15 is 0 Å². The van der Waals surface area contributed by atoms with Crippen molar-refractivity contribution in [2.45, 2.75) is 51.9 Å². The van der Waals surface area contributed by atoms with Gasteiger partial charge in [0.25, 0.3) is 0 Å². The van der Waals surface area contributed by atoms with Crippen molar-refractivity contribution in [2.24, 2.45) is 5.92 Å². The van der Waals surface area contributed by atoms with Crippen molar-refractivity contribution in [3.8, 4) is 11.1 Å². The molecule has 26 heavy (non-hydrogen) atoms. The first-order valence-electron chi connectivity index (χ1n) is 9.85. The van der Waals surface area contributed by atoms with Crippen LogP contribution in [0.25, 0.3) is 22.0 Å². The second-order valence-electron chi connectivity index (χ2n) is 7.68. The van der Waals surface area contributed by atoms with Crippen LogP contribution in [0.4, 0.5) is 4.39 Å². The van der Waals surface area contributed by atoms with E-state index in [0.29, 0.717) is 0 Å². The Balaban J connectivity index is 1.59. The smallest absolute Gasteiger partial charge is 0.127 e. The fourth-order valence-corrected chi connectivity index (χ4v) is 4.32. The SMILES string of the molecule is Cc1ccc(-c2ccc(CCC3CCCCC3)c(F)c2)c2cccnc12. The number of aryl methyl sites for hydroxylation is 2. The molecule has 134 valence electrons. The van der Waals surface area contributed by atoms with Gasteiger partial charge in [0.05, 0.1) is 5.52 Å². The molecule has 0 unspecified atom stereocenters. The Kier molecular flexibility index (Phi) is 5.01. The van der Waals surface area contributed by atoms with Gasteiger partial charge in [-0.3, -0.25) is 4.98 Å². The van der Waals surface area contributed by atoms with Crippen molar-refractivity contribution < 1.29 is 4.39 Å². The number of benzene rings is 2. The molecule has 0 aliphatic heterocycles. The minimum absolute atomic E-state index is 0.0732. The van der Waals surface area contributed by atoms with E-state index in [1.165, 1.54) is 32.1 Å². The number of pyridine rings is 1. The zero-order valence-corrected chi connectivity index (χ0v) is 15.5. The molecule has 4 rings (SSSR count). The summed E-state index contributed by atoms with van der Waals surface area (Å²) < 4.78 is 14.8. The Hall–Kier alpha value is -2.22. The lowest BCUT2D eigenvalue weighted by Crippen LogP contribution is -2.07. The molecular weight excluding hydrogens is 321 g/mol. The van der Waals surface area contributed by atoms with Gasteiger partial charge in [-0.1, -0.05) is 62.4 Å². The molecule has 2 aromatic carbocycles. The number of hydrogen-bond acceptors (Lipinski definition) is 1. The first kappa shape index (κ1) is 17.2. The van der Waals surface area contributed by atoms with Gasteiger partial charge in [-0.15, -0.1) is 0 Å². The van der Waals surface area contributed by atoms with E-state index in [0.717, 1.165) is 51.9 Å². The first-order valence-corrected chi connectivity index (χ1v) is 9.85. The van der Waals surface area contributed by atoms with Crippen LogP contribution in [0.2, 0.25) is 0 Å². The largest absolute Gasteiger partial charge is 0.256 e. The molecule has 1 heterocycles. The molecule has 1 aliphatic rings. The van der Waals surface area contributed by atoms with E-state index in [2.05, 4.69) is 36.2 Å². The Morgan fingerprint density at radius 1 is 1.04 bits per heavy atom. The third-order valence-corrected chi connectivity index (χ3v) is 5.88. The van der Waals surface area contributed by atoms with Crippen LogP contribution in [-0.4, -0.2) is 4.98 Å². The van der Waals surface area contributed by atoms with E-state index in [1.54, 1.807) is 6.07 Å². The predicted molar refractivity (Wildman–Crippen MR) is 107 cm³/mol. The standard InChI is InChI=1S/C24H26FN/c1-17-9-14-21(22-8-5-15-26-24(17)22)20-13-12-19(23(25)16-20)11-10-18-6-3-2-4-7-18/h5,8-9,12-16,18H,2-4,6-7,10-11H2,1H3. The normalized spacial score (nSPS) is 15.5. The van der Waals surface area contributed by atoms with Gasteiger partial charge >= 0.3 is 0 Å². The quantitative estimate of drug-likeness (QED) is 0.502. The molecule has 0 saturated heterocycles. The van der Waals surface area contributed by atoms with Crippen LogP contribution in [0, 0.1) is 18.7 Å². The van der Waals surface area contributed by atoms with Crippen molar-refractivity contribution in [3.05, 3.63) is 65.6 Å². The Morgan fingerprint density at radius 2 is 1.88 bits per heavy atom. The first-order chi connectivity index (χ1) is 12.7. The van der Waals surface area contributed by atoms with Crippen LogP contribution >= 0.6 is 0 Å². The number of fused-ring (bicyclic) bond motifs is 1. The molecule has 0 atom stereocenters. The molecule has 2 heteroatoms. The predicted octanol–water partition coefficient (Wildman–Crippen LogP) is 6.86. The minimum atomic E-state index is -0.0732. The van der Waals surface area contributed by atoms with Crippen LogP contribution in [0.15, 0.2) is 48.7 Å². The fourth-order valence-electron chi connectivity index (χ4n) is 4.32. The molecule has 3 aromatic rings. The van der Waals surface area contributed by atoms with Gasteiger partial charge in [-0.05, 0) is 60.1 Å². The highest BCUT2D eigenvalue weighted by Crippen LogP contribution is 2.32. The van der Waals surface area contributed by atoms with Gasteiger partial charge in [0.2, 0.25) is 0 Å². The summed E-state index contributed by atoms with van der Waals surface area (Å²) >= 11 is 0. The van der Waals surface area contributed by atoms with Crippen molar-refractivity contribution >= 4 is 10.9 Å². The number of halogens is 1. The van der Waals surface area contributed by atoms with Crippen LogP contribution in [0.3, 0.4) is 0 Å². The fraction of sp³-hybridized carbons (Fsp3) is 0.375. The highest BCUT2D eigenvalue weighted by Gasteiger charge is 2.15. The Labute approximate surface area is 155 Å².